The van der Waals surface area contributed by atoms with Crippen molar-refractivity contribution in [2.45, 2.75) is 19.3 Å². The molecule has 10 aromatic rings. The Morgan fingerprint density at radius 1 is 0.500 bits per heavy atom. The van der Waals surface area contributed by atoms with Crippen molar-refractivity contribution in [3.05, 3.63) is 181 Å². The molecule has 11 rings (SSSR count). The predicted molar refractivity (Wildman–Crippen MR) is 218 cm³/mol. The Labute approximate surface area is 301 Å². The first-order valence-corrected chi connectivity index (χ1v) is 18.0. The van der Waals surface area contributed by atoms with Gasteiger partial charge in [-0.3, -0.25) is 0 Å². The lowest BCUT2D eigenvalue weighted by molar-refractivity contribution is 0.661. The molecule has 0 unspecified atom stereocenters. The second-order valence-corrected chi connectivity index (χ2v) is 14.5. The monoisotopic (exact) mass is 666 g/mol. The number of benzene rings is 8. The summed E-state index contributed by atoms with van der Waals surface area (Å²) >= 11 is 0. The van der Waals surface area contributed by atoms with Gasteiger partial charge >= 0.3 is 0 Å². The minimum Gasteiger partial charge on any atom is -0.456 e. The van der Waals surface area contributed by atoms with Crippen LogP contribution < -0.4 is 4.90 Å². The molecule has 0 N–H and O–H groups in total. The molecule has 0 radical (unpaired) electrons. The van der Waals surface area contributed by atoms with Gasteiger partial charge < -0.3 is 13.9 Å². The highest BCUT2D eigenvalue weighted by Crippen LogP contribution is 2.55. The van der Waals surface area contributed by atoms with Crippen LogP contribution in [0.1, 0.15) is 25.0 Å². The molecule has 2 heterocycles. The smallest absolute Gasteiger partial charge is 0.137 e. The van der Waals surface area contributed by atoms with Gasteiger partial charge in [0.15, 0.2) is 0 Å². The van der Waals surface area contributed by atoms with Gasteiger partial charge in [0.1, 0.15) is 11.2 Å². The Balaban J connectivity index is 1.22. The summed E-state index contributed by atoms with van der Waals surface area (Å²) in [6.07, 6.45) is 0. The Morgan fingerprint density at radius 2 is 1.19 bits per heavy atom. The lowest BCUT2D eigenvalue weighted by Crippen LogP contribution is -2.20. The van der Waals surface area contributed by atoms with E-state index >= 15 is 0 Å². The quantitative estimate of drug-likeness (QED) is 0.186. The zero-order chi connectivity index (χ0) is 34.6. The van der Waals surface area contributed by atoms with Gasteiger partial charge in [0, 0.05) is 32.9 Å². The van der Waals surface area contributed by atoms with Crippen LogP contribution >= 0.6 is 0 Å². The first-order valence-electron chi connectivity index (χ1n) is 18.0. The lowest BCUT2D eigenvalue weighted by Gasteiger charge is -2.32. The summed E-state index contributed by atoms with van der Waals surface area (Å²) in [5.41, 5.74) is 13.8. The van der Waals surface area contributed by atoms with Crippen molar-refractivity contribution >= 4 is 71.6 Å². The molecule has 246 valence electrons. The third-order valence-corrected chi connectivity index (χ3v) is 11.3. The minimum absolute atomic E-state index is 0.205. The van der Waals surface area contributed by atoms with Crippen LogP contribution in [0.5, 0.6) is 0 Å². The largest absolute Gasteiger partial charge is 0.456 e. The SMILES string of the molecule is CC1(C)c2ccccc2-c2cccc(N(c3ccc4c(c3)c3ccccc3n4-c3ccc4ccccc4c3)c3cccc4oc5ccccc5c34)c21. The lowest BCUT2D eigenvalue weighted by atomic mass is 9.81. The van der Waals surface area contributed by atoms with Crippen molar-refractivity contribution < 1.29 is 4.42 Å². The van der Waals surface area contributed by atoms with E-state index in [9.17, 15) is 0 Å². The zero-order valence-corrected chi connectivity index (χ0v) is 29.0. The van der Waals surface area contributed by atoms with Gasteiger partial charge in [0.2, 0.25) is 0 Å². The summed E-state index contributed by atoms with van der Waals surface area (Å²) in [6.45, 7) is 4.74. The zero-order valence-electron chi connectivity index (χ0n) is 29.0. The molecule has 0 saturated heterocycles. The first kappa shape index (κ1) is 29.2. The average molecular weight is 667 g/mol. The number of nitrogens with zero attached hydrogens (tertiary/aromatic N) is 2. The van der Waals surface area contributed by atoms with Crippen LogP contribution in [0.3, 0.4) is 0 Å². The molecule has 0 fully saturated rings. The summed E-state index contributed by atoms with van der Waals surface area (Å²) < 4.78 is 8.89. The molecule has 8 aromatic carbocycles. The third kappa shape index (κ3) is 4.02. The van der Waals surface area contributed by atoms with Crippen LogP contribution in [0, 0.1) is 0 Å². The van der Waals surface area contributed by atoms with E-state index in [1.807, 2.05) is 6.07 Å². The number of anilines is 3. The van der Waals surface area contributed by atoms with Gasteiger partial charge in [0.25, 0.3) is 0 Å². The molecule has 0 aliphatic heterocycles. The molecular formula is C49H34N2O. The van der Waals surface area contributed by atoms with E-state index < -0.39 is 0 Å². The van der Waals surface area contributed by atoms with Crippen LogP contribution in [0.15, 0.2) is 174 Å². The molecule has 2 aromatic heterocycles. The molecule has 0 atom stereocenters. The number of rotatable bonds is 4. The fourth-order valence-electron chi connectivity index (χ4n) is 9.05. The molecule has 0 saturated carbocycles. The summed E-state index contributed by atoms with van der Waals surface area (Å²) in [6, 6.07) is 61.7. The van der Waals surface area contributed by atoms with E-state index in [1.54, 1.807) is 0 Å². The third-order valence-electron chi connectivity index (χ3n) is 11.3. The van der Waals surface area contributed by atoms with Gasteiger partial charge in [-0.15, -0.1) is 0 Å². The Hall–Kier alpha value is -6.58. The average Bonchev–Trinajstić information content (AvgIpc) is 3.81. The van der Waals surface area contributed by atoms with Crippen LogP contribution in [0.2, 0.25) is 0 Å². The van der Waals surface area contributed by atoms with Gasteiger partial charge in [-0.2, -0.15) is 0 Å². The van der Waals surface area contributed by atoms with Crippen molar-refractivity contribution in [1.82, 2.24) is 4.57 Å². The number of furan rings is 1. The normalized spacial score (nSPS) is 13.3. The van der Waals surface area contributed by atoms with Crippen molar-refractivity contribution in [3.8, 4) is 16.8 Å². The molecule has 0 bridgehead atoms. The number of fused-ring (bicyclic) bond motifs is 10. The standard InChI is InChI=1S/C49H34N2O/c1-49(2)40-19-8-5-15-35(40)37-18-11-22-44(48(37)49)51(43-21-12-24-46-47(43)38-17-7-10-23-45(38)52-46)34-27-28-42-39(30-34)36-16-6-9-20-41(36)50(42)33-26-25-31-13-3-4-14-32(31)29-33/h3-30H,1-2H3. The molecular weight excluding hydrogens is 633 g/mol. The second-order valence-electron chi connectivity index (χ2n) is 14.5. The van der Waals surface area contributed by atoms with Crippen LogP contribution in [-0.2, 0) is 5.41 Å². The Bertz CT molecular complexity index is 3070. The maximum atomic E-state index is 6.48. The fraction of sp³-hybridized carbons (Fsp3) is 0.0612. The van der Waals surface area contributed by atoms with E-state index in [0.717, 1.165) is 39.0 Å². The molecule has 0 amide bonds. The number of para-hydroxylation sites is 2. The van der Waals surface area contributed by atoms with E-state index in [-0.39, 0.29) is 5.41 Å². The Morgan fingerprint density at radius 3 is 2.12 bits per heavy atom. The summed E-state index contributed by atoms with van der Waals surface area (Å²) in [5.74, 6) is 0. The topological polar surface area (TPSA) is 21.3 Å². The van der Waals surface area contributed by atoms with Crippen LogP contribution in [0.4, 0.5) is 17.1 Å². The number of aromatic nitrogens is 1. The highest BCUT2D eigenvalue weighted by Gasteiger charge is 2.39. The molecule has 52 heavy (non-hydrogen) atoms. The molecule has 1 aliphatic rings. The van der Waals surface area contributed by atoms with Crippen molar-refractivity contribution in [2.24, 2.45) is 0 Å². The van der Waals surface area contributed by atoms with Gasteiger partial charge in [-0.05, 0) is 93.7 Å². The maximum Gasteiger partial charge on any atom is 0.137 e. The Kier molecular flexibility index (Phi) is 6.01. The second kappa shape index (κ2) is 10.7. The van der Waals surface area contributed by atoms with E-state index in [1.165, 1.54) is 60.5 Å². The van der Waals surface area contributed by atoms with Crippen molar-refractivity contribution in [3.63, 3.8) is 0 Å². The highest BCUT2D eigenvalue weighted by molar-refractivity contribution is 6.15. The number of hydrogen-bond acceptors (Lipinski definition) is 2. The first-order chi connectivity index (χ1) is 25.6. The fourth-order valence-corrected chi connectivity index (χ4v) is 9.05. The van der Waals surface area contributed by atoms with E-state index in [0.29, 0.717) is 0 Å². The summed E-state index contributed by atoms with van der Waals surface area (Å²) in [4.78, 5) is 2.48. The predicted octanol–water partition coefficient (Wildman–Crippen LogP) is 13.6. The van der Waals surface area contributed by atoms with Crippen molar-refractivity contribution in [2.75, 3.05) is 4.90 Å². The summed E-state index contributed by atoms with van der Waals surface area (Å²) in [7, 11) is 0. The van der Waals surface area contributed by atoms with Crippen molar-refractivity contribution in [1.29, 1.82) is 0 Å². The molecule has 1 aliphatic carbocycles. The van der Waals surface area contributed by atoms with Gasteiger partial charge in [-0.25, -0.2) is 0 Å². The van der Waals surface area contributed by atoms with E-state index in [2.05, 4.69) is 187 Å². The molecule has 0 spiro atoms. The van der Waals surface area contributed by atoms with Crippen LogP contribution in [-0.4, -0.2) is 4.57 Å². The van der Waals surface area contributed by atoms with E-state index in [4.69, 9.17) is 4.42 Å². The molecule has 3 nitrogen and oxygen atoms in total. The summed E-state index contributed by atoms with van der Waals surface area (Å²) in [5, 5.41) is 7.14. The van der Waals surface area contributed by atoms with Gasteiger partial charge in [0.05, 0.1) is 27.8 Å². The van der Waals surface area contributed by atoms with Gasteiger partial charge in [-0.1, -0.05) is 123 Å². The molecule has 3 heteroatoms. The number of hydrogen-bond donors (Lipinski definition) is 0. The minimum atomic E-state index is -0.205. The van der Waals surface area contributed by atoms with Crippen LogP contribution in [0.25, 0.3) is 71.3 Å². The highest BCUT2D eigenvalue weighted by atomic mass is 16.3. The maximum absolute atomic E-state index is 6.48.